The van der Waals surface area contributed by atoms with Gasteiger partial charge in [-0.2, -0.15) is 0 Å². The van der Waals surface area contributed by atoms with Crippen molar-refractivity contribution in [2.45, 2.75) is 6.61 Å². The molecule has 0 spiro atoms. The molecule has 8 heteroatoms. The smallest absolute Gasteiger partial charge is 0.294 e. The maximum atomic E-state index is 13.8. The van der Waals surface area contributed by atoms with Crippen LogP contribution in [0.2, 0.25) is 0 Å². The zero-order valence-electron chi connectivity index (χ0n) is 18.4. The number of carbonyl (C=O) groups is 2. The summed E-state index contributed by atoms with van der Waals surface area (Å²) in [5, 5.41) is 0. The highest BCUT2D eigenvalue weighted by Gasteiger charge is 2.27. The van der Waals surface area contributed by atoms with E-state index < -0.39 is 11.7 Å². The largest absolute Gasteiger partial charge is 0.483 e. The minimum absolute atomic E-state index is 0.0213. The van der Waals surface area contributed by atoms with E-state index in [2.05, 4.69) is 5.92 Å². The molecule has 3 aromatic rings. The van der Waals surface area contributed by atoms with Gasteiger partial charge in [0.2, 0.25) is 5.91 Å². The Bertz CT molecular complexity index is 1210. The van der Waals surface area contributed by atoms with Crippen LogP contribution in [0, 0.1) is 18.2 Å². The predicted molar refractivity (Wildman–Crippen MR) is 123 cm³/mol. The molecule has 7 nitrogen and oxygen atoms in total. The highest BCUT2D eigenvalue weighted by atomic mass is 19.1. The molecule has 1 saturated heterocycles. The van der Waals surface area contributed by atoms with E-state index >= 15 is 0 Å². The molecule has 0 N–H and O–H groups in total. The van der Waals surface area contributed by atoms with Gasteiger partial charge in [-0.25, -0.2) is 4.39 Å². The van der Waals surface area contributed by atoms with E-state index in [4.69, 9.17) is 20.3 Å². The van der Waals surface area contributed by atoms with E-state index in [1.165, 1.54) is 23.1 Å². The molecule has 0 bridgehead atoms. The summed E-state index contributed by atoms with van der Waals surface area (Å²) in [6.07, 6.45) is 5.52. The highest BCUT2D eigenvalue weighted by Crippen LogP contribution is 2.22. The van der Waals surface area contributed by atoms with Crippen LogP contribution in [-0.4, -0.2) is 49.6 Å². The average Bonchev–Trinajstić information content (AvgIpc) is 3.36. The minimum Gasteiger partial charge on any atom is -0.483 e. The standard InChI is InChI=1S/C26H23FN2O5/c1-2-19-6-5-7-20(16-19)29(17-25(30)28-12-14-32-15-13-28)26(31)24-11-10-21(34-24)18-33-23-9-4-3-8-22(23)27/h1,3-11,16H,12-15,17-18H2. The zero-order valence-corrected chi connectivity index (χ0v) is 18.4. The molecule has 1 aromatic heterocycles. The van der Waals surface area contributed by atoms with Crippen LogP contribution in [0.25, 0.3) is 0 Å². The van der Waals surface area contributed by atoms with Crippen molar-refractivity contribution in [3.05, 3.63) is 83.6 Å². The molecule has 2 amide bonds. The lowest BCUT2D eigenvalue weighted by molar-refractivity contribution is -0.133. The maximum absolute atomic E-state index is 13.8. The van der Waals surface area contributed by atoms with Crippen molar-refractivity contribution >= 4 is 17.5 Å². The summed E-state index contributed by atoms with van der Waals surface area (Å²) in [6, 6.07) is 15.9. The van der Waals surface area contributed by atoms with Gasteiger partial charge in [-0.3, -0.25) is 14.5 Å². The summed E-state index contributed by atoms with van der Waals surface area (Å²) in [4.78, 5) is 29.3. The minimum atomic E-state index is -0.507. The fourth-order valence-corrected chi connectivity index (χ4v) is 3.51. The Labute approximate surface area is 196 Å². The average molecular weight is 462 g/mol. The maximum Gasteiger partial charge on any atom is 0.294 e. The lowest BCUT2D eigenvalue weighted by atomic mass is 10.2. The van der Waals surface area contributed by atoms with Crippen LogP contribution in [0.3, 0.4) is 0 Å². The number of carbonyl (C=O) groups excluding carboxylic acids is 2. The Balaban J connectivity index is 1.53. The molecule has 0 aliphatic carbocycles. The van der Waals surface area contributed by atoms with Crippen molar-refractivity contribution in [1.29, 1.82) is 0 Å². The van der Waals surface area contributed by atoms with Gasteiger partial charge in [0.25, 0.3) is 5.91 Å². The second-order valence-electron chi connectivity index (χ2n) is 7.56. The third-order valence-corrected chi connectivity index (χ3v) is 5.31. The molecular formula is C26H23FN2O5. The molecule has 0 radical (unpaired) electrons. The second kappa shape index (κ2) is 10.7. The van der Waals surface area contributed by atoms with Crippen LogP contribution in [0.5, 0.6) is 5.75 Å². The Kier molecular flexibility index (Phi) is 7.25. The number of benzene rings is 2. The fraction of sp³-hybridized carbons (Fsp3) is 0.231. The van der Waals surface area contributed by atoms with Gasteiger partial charge in [-0.05, 0) is 42.5 Å². The number of terminal acetylenes is 1. The number of morpholine rings is 1. The van der Waals surface area contributed by atoms with E-state index in [1.54, 1.807) is 47.4 Å². The van der Waals surface area contributed by atoms with Crippen molar-refractivity contribution in [2.24, 2.45) is 0 Å². The zero-order chi connectivity index (χ0) is 23.9. The molecule has 0 saturated carbocycles. The molecule has 4 rings (SSSR count). The first-order valence-electron chi connectivity index (χ1n) is 10.8. The number of amides is 2. The van der Waals surface area contributed by atoms with E-state index in [-0.39, 0.29) is 30.6 Å². The van der Waals surface area contributed by atoms with Gasteiger partial charge in [-0.15, -0.1) is 6.42 Å². The summed E-state index contributed by atoms with van der Waals surface area (Å²) in [7, 11) is 0. The second-order valence-corrected chi connectivity index (χ2v) is 7.56. The molecule has 0 atom stereocenters. The number of halogens is 1. The monoisotopic (exact) mass is 462 g/mol. The van der Waals surface area contributed by atoms with Crippen LogP contribution < -0.4 is 9.64 Å². The van der Waals surface area contributed by atoms with Gasteiger partial charge >= 0.3 is 0 Å². The number of hydrogen-bond acceptors (Lipinski definition) is 5. The molecule has 2 aromatic carbocycles. The van der Waals surface area contributed by atoms with E-state index in [1.807, 2.05) is 0 Å². The Morgan fingerprint density at radius 2 is 1.88 bits per heavy atom. The molecule has 34 heavy (non-hydrogen) atoms. The highest BCUT2D eigenvalue weighted by molar-refractivity contribution is 6.07. The number of nitrogens with zero attached hydrogens (tertiary/aromatic N) is 2. The van der Waals surface area contributed by atoms with Crippen LogP contribution in [0.15, 0.2) is 65.1 Å². The van der Waals surface area contributed by atoms with Gasteiger partial charge < -0.3 is 18.8 Å². The summed E-state index contributed by atoms with van der Waals surface area (Å²) in [6.45, 7) is 1.58. The summed E-state index contributed by atoms with van der Waals surface area (Å²) in [5.41, 5.74) is 1.05. The molecule has 1 aliphatic heterocycles. The number of para-hydroxylation sites is 1. The van der Waals surface area contributed by atoms with Gasteiger partial charge in [-0.1, -0.05) is 24.1 Å². The van der Waals surface area contributed by atoms with E-state index in [0.29, 0.717) is 43.3 Å². The number of anilines is 1. The number of furan rings is 1. The van der Waals surface area contributed by atoms with Gasteiger partial charge in [0.15, 0.2) is 17.3 Å². The first-order valence-corrected chi connectivity index (χ1v) is 10.8. The molecule has 1 fully saturated rings. The third kappa shape index (κ3) is 5.45. The van der Waals surface area contributed by atoms with Crippen LogP contribution in [-0.2, 0) is 16.1 Å². The predicted octanol–water partition coefficient (Wildman–Crippen LogP) is 3.48. The summed E-state index contributed by atoms with van der Waals surface area (Å²) < 4.78 is 30.2. The lowest BCUT2D eigenvalue weighted by Gasteiger charge is -2.30. The quantitative estimate of drug-likeness (QED) is 0.503. The number of ether oxygens (including phenoxy) is 2. The molecular weight excluding hydrogens is 439 g/mol. The normalized spacial score (nSPS) is 13.2. The van der Waals surface area contributed by atoms with Gasteiger partial charge in [0.1, 0.15) is 18.9 Å². The Hall–Kier alpha value is -4.09. The summed E-state index contributed by atoms with van der Waals surface area (Å²) in [5.74, 6) is 1.76. The van der Waals surface area contributed by atoms with E-state index in [9.17, 15) is 14.0 Å². The third-order valence-electron chi connectivity index (χ3n) is 5.31. The molecule has 0 unspecified atom stereocenters. The molecule has 2 heterocycles. The van der Waals surface area contributed by atoms with Crippen LogP contribution in [0.1, 0.15) is 21.9 Å². The molecule has 174 valence electrons. The van der Waals surface area contributed by atoms with Crippen molar-refractivity contribution < 1.29 is 27.9 Å². The van der Waals surface area contributed by atoms with Gasteiger partial charge in [0, 0.05) is 24.3 Å². The topological polar surface area (TPSA) is 72.2 Å². The SMILES string of the molecule is C#Cc1cccc(N(CC(=O)N2CCOCC2)C(=O)c2ccc(COc3ccccc3F)o2)c1. The Morgan fingerprint density at radius 1 is 1.09 bits per heavy atom. The lowest BCUT2D eigenvalue weighted by Crippen LogP contribution is -2.47. The van der Waals surface area contributed by atoms with Crippen molar-refractivity contribution in [2.75, 3.05) is 37.7 Å². The Morgan fingerprint density at radius 3 is 2.65 bits per heavy atom. The van der Waals surface area contributed by atoms with Crippen molar-refractivity contribution in [1.82, 2.24) is 4.90 Å². The van der Waals surface area contributed by atoms with Crippen LogP contribution in [0.4, 0.5) is 10.1 Å². The fourth-order valence-electron chi connectivity index (χ4n) is 3.51. The summed E-state index contributed by atoms with van der Waals surface area (Å²) >= 11 is 0. The van der Waals surface area contributed by atoms with Crippen molar-refractivity contribution in [3.63, 3.8) is 0 Å². The van der Waals surface area contributed by atoms with Crippen molar-refractivity contribution in [3.8, 4) is 18.1 Å². The first-order chi connectivity index (χ1) is 16.5. The van der Waals surface area contributed by atoms with Crippen LogP contribution >= 0.6 is 0 Å². The molecule has 1 aliphatic rings. The van der Waals surface area contributed by atoms with Gasteiger partial charge in [0.05, 0.1) is 13.2 Å². The first kappa shape index (κ1) is 23.1. The number of rotatable bonds is 7. The number of hydrogen-bond donors (Lipinski definition) is 0. The van der Waals surface area contributed by atoms with E-state index in [0.717, 1.165) is 0 Å².